The molecule has 0 amide bonds. The van der Waals surface area contributed by atoms with Crippen molar-refractivity contribution in [3.8, 4) is 0 Å². The molecule has 3 heterocycles. The average Bonchev–Trinajstić information content (AvgIpc) is 2.74. The highest BCUT2D eigenvalue weighted by molar-refractivity contribution is 5.46. The largest absolute Gasteiger partial charge is 0.371 e. The third-order valence-corrected chi connectivity index (χ3v) is 4.32. The summed E-state index contributed by atoms with van der Waals surface area (Å²) in [4.78, 5) is 9.13. The third-order valence-electron chi connectivity index (χ3n) is 4.32. The maximum absolute atomic E-state index is 4.10. The molecule has 1 unspecified atom stereocenters. The lowest BCUT2D eigenvalue weighted by atomic mass is 9.79. The number of likely N-dealkylation sites (tertiary alicyclic amines) is 1. The van der Waals surface area contributed by atoms with E-state index in [1.807, 2.05) is 12.4 Å². The second-order valence-electron chi connectivity index (χ2n) is 5.72. The van der Waals surface area contributed by atoms with Crippen LogP contribution in [0.1, 0.15) is 19.3 Å². The quantitative estimate of drug-likeness (QED) is 0.737. The first kappa shape index (κ1) is 11.0. The zero-order valence-corrected chi connectivity index (χ0v) is 10.6. The molecule has 2 aliphatic heterocycles. The minimum atomic E-state index is 0.552. The Hall–Kier alpha value is -1.09. The van der Waals surface area contributed by atoms with Crippen molar-refractivity contribution in [3.63, 3.8) is 0 Å². The van der Waals surface area contributed by atoms with Crippen molar-refractivity contribution in [3.05, 3.63) is 24.5 Å². The van der Waals surface area contributed by atoms with E-state index in [1.165, 1.54) is 51.1 Å². The molecule has 17 heavy (non-hydrogen) atoms. The molecule has 0 radical (unpaired) electrons. The van der Waals surface area contributed by atoms with E-state index in [2.05, 4.69) is 34.0 Å². The van der Waals surface area contributed by atoms with Crippen LogP contribution in [-0.4, -0.2) is 43.1 Å². The van der Waals surface area contributed by atoms with Crippen molar-refractivity contribution >= 4 is 5.69 Å². The Kier molecular flexibility index (Phi) is 2.79. The van der Waals surface area contributed by atoms with E-state index < -0.39 is 0 Å². The van der Waals surface area contributed by atoms with Gasteiger partial charge in [0.1, 0.15) is 0 Å². The Morgan fingerprint density at radius 3 is 2.71 bits per heavy atom. The Bertz CT molecular complexity index is 378. The topological polar surface area (TPSA) is 19.4 Å². The summed E-state index contributed by atoms with van der Waals surface area (Å²) in [5.74, 6) is 0. The van der Waals surface area contributed by atoms with Crippen molar-refractivity contribution in [2.75, 3.05) is 38.1 Å². The number of hydrogen-bond acceptors (Lipinski definition) is 3. The highest BCUT2D eigenvalue weighted by atomic mass is 15.2. The highest BCUT2D eigenvalue weighted by Gasteiger charge is 2.40. The number of pyridine rings is 1. The van der Waals surface area contributed by atoms with Crippen LogP contribution in [0.5, 0.6) is 0 Å². The van der Waals surface area contributed by atoms with Gasteiger partial charge in [-0.1, -0.05) is 0 Å². The Labute approximate surface area is 103 Å². The summed E-state index contributed by atoms with van der Waals surface area (Å²) >= 11 is 0. The van der Waals surface area contributed by atoms with Gasteiger partial charge in [0.05, 0.1) is 0 Å². The van der Waals surface area contributed by atoms with Gasteiger partial charge in [0, 0.05) is 43.1 Å². The van der Waals surface area contributed by atoms with E-state index in [-0.39, 0.29) is 0 Å². The minimum Gasteiger partial charge on any atom is -0.371 e. The molecule has 0 N–H and O–H groups in total. The normalized spacial score (nSPS) is 30.1. The highest BCUT2D eigenvalue weighted by Crippen LogP contribution is 2.39. The maximum atomic E-state index is 4.10. The molecule has 0 bridgehead atoms. The summed E-state index contributed by atoms with van der Waals surface area (Å²) in [6.07, 6.45) is 7.90. The van der Waals surface area contributed by atoms with Gasteiger partial charge in [-0.15, -0.1) is 0 Å². The van der Waals surface area contributed by atoms with Crippen LogP contribution in [-0.2, 0) is 0 Å². The van der Waals surface area contributed by atoms with E-state index in [0.29, 0.717) is 5.41 Å². The first-order valence-electron chi connectivity index (χ1n) is 6.61. The van der Waals surface area contributed by atoms with Crippen LogP contribution in [0.25, 0.3) is 0 Å². The summed E-state index contributed by atoms with van der Waals surface area (Å²) < 4.78 is 0. The standard InChI is InChI=1S/C14H21N3/c1-16-9-2-5-14(11-16)6-10-17(12-14)13-3-7-15-8-4-13/h3-4,7-8H,2,5-6,9-12H2,1H3. The van der Waals surface area contributed by atoms with Crippen molar-refractivity contribution in [1.82, 2.24) is 9.88 Å². The monoisotopic (exact) mass is 231 g/mol. The van der Waals surface area contributed by atoms with Gasteiger partial charge >= 0.3 is 0 Å². The average molecular weight is 231 g/mol. The Morgan fingerprint density at radius 2 is 1.94 bits per heavy atom. The zero-order valence-electron chi connectivity index (χ0n) is 10.6. The number of hydrogen-bond donors (Lipinski definition) is 0. The summed E-state index contributed by atoms with van der Waals surface area (Å²) in [6.45, 7) is 4.98. The molecular weight excluding hydrogens is 210 g/mol. The molecule has 1 aromatic rings. The van der Waals surface area contributed by atoms with Crippen LogP contribution in [0, 0.1) is 5.41 Å². The van der Waals surface area contributed by atoms with Gasteiger partial charge in [-0.2, -0.15) is 0 Å². The van der Waals surface area contributed by atoms with Crippen LogP contribution in [0.3, 0.4) is 0 Å². The summed E-state index contributed by atoms with van der Waals surface area (Å²) in [5, 5.41) is 0. The molecule has 1 spiro atoms. The molecule has 92 valence electrons. The first-order valence-corrected chi connectivity index (χ1v) is 6.61. The summed E-state index contributed by atoms with van der Waals surface area (Å²) in [6, 6.07) is 4.26. The van der Waals surface area contributed by atoms with Gasteiger partial charge in [-0.05, 0) is 45.0 Å². The number of anilines is 1. The molecule has 3 rings (SSSR count). The van der Waals surface area contributed by atoms with E-state index in [0.717, 1.165) is 0 Å². The molecule has 0 saturated carbocycles. The van der Waals surface area contributed by atoms with Crippen molar-refractivity contribution < 1.29 is 0 Å². The van der Waals surface area contributed by atoms with E-state index in [4.69, 9.17) is 0 Å². The van der Waals surface area contributed by atoms with Crippen LogP contribution < -0.4 is 4.90 Å². The van der Waals surface area contributed by atoms with Crippen molar-refractivity contribution in [2.45, 2.75) is 19.3 Å². The van der Waals surface area contributed by atoms with Crippen molar-refractivity contribution in [1.29, 1.82) is 0 Å². The van der Waals surface area contributed by atoms with Gasteiger partial charge < -0.3 is 9.80 Å². The fourth-order valence-corrected chi connectivity index (χ4v) is 3.50. The predicted octanol–water partition coefficient (Wildman–Crippen LogP) is 2.00. The predicted molar refractivity (Wildman–Crippen MR) is 70.2 cm³/mol. The maximum Gasteiger partial charge on any atom is 0.0397 e. The van der Waals surface area contributed by atoms with Gasteiger partial charge in [-0.3, -0.25) is 4.98 Å². The Morgan fingerprint density at radius 1 is 1.12 bits per heavy atom. The zero-order chi connectivity index (χ0) is 11.7. The number of aromatic nitrogens is 1. The molecule has 0 aliphatic carbocycles. The SMILES string of the molecule is CN1CCCC2(CCN(c3ccncc3)C2)C1. The molecule has 1 aromatic heterocycles. The lowest BCUT2D eigenvalue weighted by Crippen LogP contribution is -2.42. The second-order valence-corrected chi connectivity index (χ2v) is 5.72. The van der Waals surface area contributed by atoms with Crippen LogP contribution in [0.4, 0.5) is 5.69 Å². The molecule has 2 aliphatic rings. The van der Waals surface area contributed by atoms with Crippen LogP contribution >= 0.6 is 0 Å². The minimum absolute atomic E-state index is 0.552. The van der Waals surface area contributed by atoms with Gasteiger partial charge in [0.15, 0.2) is 0 Å². The van der Waals surface area contributed by atoms with E-state index in [1.54, 1.807) is 0 Å². The second kappa shape index (κ2) is 4.30. The van der Waals surface area contributed by atoms with Gasteiger partial charge in [-0.25, -0.2) is 0 Å². The molecular formula is C14H21N3. The lowest BCUT2D eigenvalue weighted by molar-refractivity contribution is 0.128. The number of rotatable bonds is 1. The van der Waals surface area contributed by atoms with E-state index >= 15 is 0 Å². The van der Waals surface area contributed by atoms with Crippen LogP contribution in [0.15, 0.2) is 24.5 Å². The third kappa shape index (κ3) is 2.16. The Balaban J connectivity index is 1.73. The fourth-order valence-electron chi connectivity index (χ4n) is 3.50. The van der Waals surface area contributed by atoms with Gasteiger partial charge in [0.25, 0.3) is 0 Å². The molecule has 3 nitrogen and oxygen atoms in total. The molecule has 3 heteroatoms. The fraction of sp³-hybridized carbons (Fsp3) is 0.643. The molecule has 2 saturated heterocycles. The summed E-state index contributed by atoms with van der Waals surface area (Å²) in [7, 11) is 2.26. The molecule has 1 atom stereocenters. The first-order chi connectivity index (χ1) is 8.27. The lowest BCUT2D eigenvalue weighted by Gasteiger charge is -2.38. The number of piperidine rings is 1. The number of nitrogens with zero attached hydrogens (tertiary/aromatic N) is 3. The van der Waals surface area contributed by atoms with E-state index in [9.17, 15) is 0 Å². The smallest absolute Gasteiger partial charge is 0.0397 e. The molecule has 2 fully saturated rings. The van der Waals surface area contributed by atoms with Gasteiger partial charge in [0.2, 0.25) is 0 Å². The molecule has 0 aromatic carbocycles. The van der Waals surface area contributed by atoms with Crippen molar-refractivity contribution in [2.24, 2.45) is 5.41 Å². The van der Waals surface area contributed by atoms with Crippen LogP contribution in [0.2, 0.25) is 0 Å². The summed E-state index contributed by atoms with van der Waals surface area (Å²) in [5.41, 5.74) is 1.89.